The first-order chi connectivity index (χ1) is 9.54. The van der Waals surface area contributed by atoms with Gasteiger partial charge >= 0.3 is 0 Å². The van der Waals surface area contributed by atoms with Gasteiger partial charge in [-0.05, 0) is 36.6 Å². The Balaban J connectivity index is 2.28. The number of carbonyl (C=O) groups excluding carboxylic acids is 1. The molecule has 0 radical (unpaired) electrons. The van der Waals surface area contributed by atoms with Gasteiger partial charge in [0.05, 0.1) is 12.5 Å². The molecule has 1 aliphatic rings. The second-order valence-corrected chi connectivity index (χ2v) is 5.30. The quantitative estimate of drug-likeness (QED) is 0.844. The van der Waals surface area contributed by atoms with Crippen LogP contribution < -0.4 is 10.6 Å². The second kappa shape index (κ2) is 5.83. The Bertz CT molecular complexity index is 547. The average Bonchev–Trinajstić information content (AvgIpc) is 2.89. The fourth-order valence-electron chi connectivity index (χ4n) is 2.64. The highest BCUT2D eigenvalue weighted by molar-refractivity contribution is 5.85. The van der Waals surface area contributed by atoms with Crippen molar-refractivity contribution in [3.8, 4) is 6.07 Å². The van der Waals surface area contributed by atoms with Crippen LogP contribution in [0.5, 0.6) is 0 Å². The Morgan fingerprint density at radius 2 is 2.30 bits per heavy atom. The zero-order valence-corrected chi connectivity index (χ0v) is 12.0. The van der Waals surface area contributed by atoms with Crippen molar-refractivity contribution in [1.29, 1.82) is 5.26 Å². The maximum Gasteiger partial charge on any atom is 0.244 e. The normalized spacial score (nSPS) is 17.9. The Kier molecular flexibility index (Phi) is 4.14. The number of amides is 1. The third-order valence-corrected chi connectivity index (χ3v) is 3.71. The lowest BCUT2D eigenvalue weighted by molar-refractivity contribution is -0.129. The van der Waals surface area contributed by atoms with Crippen LogP contribution in [0.25, 0.3) is 0 Å². The number of nitrogens with zero attached hydrogens (tertiary/aromatic N) is 3. The second-order valence-electron chi connectivity index (χ2n) is 5.30. The number of anilines is 2. The number of likely N-dealkylation sites (N-methyl/N-ethyl adjacent to an activating group) is 1. The van der Waals surface area contributed by atoms with Crippen LogP contribution in [0.2, 0.25) is 0 Å². The molecular weight excluding hydrogens is 252 g/mol. The molecule has 1 aliphatic heterocycles. The SMILES string of the molecule is CN(C)C(=O)C1CCCN1c1ccc(N)c(CC#N)c1. The van der Waals surface area contributed by atoms with Crippen molar-refractivity contribution in [3.63, 3.8) is 0 Å². The van der Waals surface area contributed by atoms with E-state index in [4.69, 9.17) is 11.0 Å². The van der Waals surface area contributed by atoms with E-state index in [1.165, 1.54) is 0 Å². The van der Waals surface area contributed by atoms with Crippen LogP contribution in [0.15, 0.2) is 18.2 Å². The average molecular weight is 272 g/mol. The zero-order chi connectivity index (χ0) is 14.7. The van der Waals surface area contributed by atoms with E-state index in [9.17, 15) is 4.79 Å². The predicted octanol–water partition coefficient (Wildman–Crippen LogP) is 1.39. The van der Waals surface area contributed by atoms with Crippen LogP contribution in [0.4, 0.5) is 11.4 Å². The van der Waals surface area contributed by atoms with Crippen LogP contribution in [-0.4, -0.2) is 37.5 Å². The first-order valence-electron chi connectivity index (χ1n) is 6.77. The molecule has 1 amide bonds. The highest BCUT2D eigenvalue weighted by atomic mass is 16.2. The Hall–Kier alpha value is -2.22. The van der Waals surface area contributed by atoms with Crippen molar-refractivity contribution in [2.24, 2.45) is 0 Å². The molecule has 0 bridgehead atoms. The molecule has 1 unspecified atom stereocenters. The molecule has 2 rings (SSSR count). The molecule has 20 heavy (non-hydrogen) atoms. The molecule has 1 atom stereocenters. The molecule has 1 fully saturated rings. The minimum atomic E-state index is -0.108. The van der Waals surface area contributed by atoms with Gasteiger partial charge in [0.2, 0.25) is 5.91 Å². The van der Waals surface area contributed by atoms with Crippen molar-refractivity contribution < 1.29 is 4.79 Å². The van der Waals surface area contributed by atoms with E-state index in [2.05, 4.69) is 11.0 Å². The van der Waals surface area contributed by atoms with Gasteiger partial charge in [-0.3, -0.25) is 4.79 Å². The number of nitrogens with two attached hydrogens (primary N) is 1. The standard InChI is InChI=1S/C15H20N4O/c1-18(2)15(20)14-4-3-9-19(14)12-5-6-13(17)11(10-12)7-8-16/h5-6,10,14H,3-4,7,9,17H2,1-2H3. The van der Waals surface area contributed by atoms with Gasteiger partial charge in [-0.25, -0.2) is 0 Å². The van der Waals surface area contributed by atoms with E-state index in [0.29, 0.717) is 12.1 Å². The van der Waals surface area contributed by atoms with E-state index in [1.54, 1.807) is 19.0 Å². The van der Waals surface area contributed by atoms with Gasteiger partial charge < -0.3 is 15.5 Å². The van der Waals surface area contributed by atoms with Crippen molar-refractivity contribution >= 4 is 17.3 Å². The van der Waals surface area contributed by atoms with Gasteiger partial charge in [-0.1, -0.05) is 0 Å². The first-order valence-corrected chi connectivity index (χ1v) is 6.77. The lowest BCUT2D eigenvalue weighted by Crippen LogP contribution is -2.42. The summed E-state index contributed by atoms with van der Waals surface area (Å²) >= 11 is 0. The molecule has 1 saturated heterocycles. The van der Waals surface area contributed by atoms with Crippen LogP contribution in [-0.2, 0) is 11.2 Å². The smallest absolute Gasteiger partial charge is 0.244 e. The predicted molar refractivity (Wildman–Crippen MR) is 79.2 cm³/mol. The minimum Gasteiger partial charge on any atom is -0.398 e. The van der Waals surface area contributed by atoms with Gasteiger partial charge in [-0.2, -0.15) is 5.26 Å². The van der Waals surface area contributed by atoms with Gasteiger partial charge in [0.1, 0.15) is 6.04 Å². The molecule has 0 aromatic heterocycles. The molecule has 106 valence electrons. The monoisotopic (exact) mass is 272 g/mol. The first kappa shape index (κ1) is 14.2. The van der Waals surface area contributed by atoms with Gasteiger partial charge in [0.25, 0.3) is 0 Å². The number of carbonyl (C=O) groups is 1. The lowest BCUT2D eigenvalue weighted by Gasteiger charge is -2.28. The third-order valence-electron chi connectivity index (χ3n) is 3.71. The number of nitrogen functional groups attached to an aromatic ring is 1. The largest absolute Gasteiger partial charge is 0.398 e. The maximum absolute atomic E-state index is 12.2. The molecule has 0 spiro atoms. The van der Waals surface area contributed by atoms with Crippen molar-refractivity contribution in [2.45, 2.75) is 25.3 Å². The molecule has 5 heteroatoms. The zero-order valence-electron chi connectivity index (χ0n) is 12.0. The number of benzene rings is 1. The Morgan fingerprint density at radius 3 is 2.95 bits per heavy atom. The minimum absolute atomic E-state index is 0.108. The fourth-order valence-corrected chi connectivity index (χ4v) is 2.64. The summed E-state index contributed by atoms with van der Waals surface area (Å²) in [5.74, 6) is 0.126. The molecule has 2 N–H and O–H groups in total. The van der Waals surface area contributed by atoms with Crippen LogP contribution >= 0.6 is 0 Å². The summed E-state index contributed by atoms with van der Waals surface area (Å²) in [6.45, 7) is 0.861. The number of hydrogen-bond acceptors (Lipinski definition) is 4. The third kappa shape index (κ3) is 2.69. The van der Waals surface area contributed by atoms with Crippen LogP contribution in [0.1, 0.15) is 18.4 Å². The van der Waals surface area contributed by atoms with Crippen LogP contribution in [0.3, 0.4) is 0 Å². The van der Waals surface area contributed by atoms with Crippen LogP contribution in [0, 0.1) is 11.3 Å². The summed E-state index contributed by atoms with van der Waals surface area (Å²) in [5, 5.41) is 8.83. The topological polar surface area (TPSA) is 73.4 Å². The summed E-state index contributed by atoms with van der Waals surface area (Å²) < 4.78 is 0. The van der Waals surface area contributed by atoms with Crippen molar-refractivity contribution in [3.05, 3.63) is 23.8 Å². The Morgan fingerprint density at radius 1 is 1.55 bits per heavy atom. The van der Waals surface area contributed by atoms with Gasteiger partial charge in [0, 0.05) is 32.0 Å². The summed E-state index contributed by atoms with van der Waals surface area (Å²) in [6.07, 6.45) is 2.16. The molecule has 1 heterocycles. The van der Waals surface area contributed by atoms with E-state index < -0.39 is 0 Å². The highest BCUT2D eigenvalue weighted by Crippen LogP contribution is 2.29. The molecule has 0 saturated carbocycles. The van der Waals surface area contributed by atoms with E-state index in [-0.39, 0.29) is 11.9 Å². The summed E-state index contributed by atoms with van der Waals surface area (Å²) in [5.41, 5.74) is 8.30. The molecule has 1 aromatic rings. The summed E-state index contributed by atoms with van der Waals surface area (Å²) in [4.78, 5) is 16.0. The summed E-state index contributed by atoms with van der Waals surface area (Å²) in [7, 11) is 3.56. The fraction of sp³-hybridized carbons (Fsp3) is 0.467. The van der Waals surface area contributed by atoms with E-state index >= 15 is 0 Å². The molecule has 1 aromatic carbocycles. The number of nitriles is 1. The molecule has 5 nitrogen and oxygen atoms in total. The van der Waals surface area contributed by atoms with E-state index in [1.807, 2.05) is 18.2 Å². The lowest BCUT2D eigenvalue weighted by atomic mass is 10.1. The molecule has 0 aliphatic carbocycles. The van der Waals surface area contributed by atoms with Crippen molar-refractivity contribution in [2.75, 3.05) is 31.3 Å². The number of rotatable bonds is 3. The highest BCUT2D eigenvalue weighted by Gasteiger charge is 2.31. The van der Waals surface area contributed by atoms with Crippen molar-refractivity contribution in [1.82, 2.24) is 4.90 Å². The summed E-state index contributed by atoms with van der Waals surface area (Å²) in [6, 6.07) is 7.69. The Labute approximate surface area is 119 Å². The van der Waals surface area contributed by atoms with Gasteiger partial charge in [-0.15, -0.1) is 0 Å². The van der Waals surface area contributed by atoms with Gasteiger partial charge in [0.15, 0.2) is 0 Å². The van der Waals surface area contributed by atoms with E-state index in [0.717, 1.165) is 30.6 Å². The molecular formula is C15H20N4O. The number of hydrogen-bond donors (Lipinski definition) is 1. The maximum atomic E-state index is 12.2.